The number of halogens is 1. The molecule has 0 aliphatic carbocycles. The Morgan fingerprint density at radius 2 is 2.11 bits per heavy atom. The highest BCUT2D eigenvalue weighted by Gasteiger charge is 2.22. The lowest BCUT2D eigenvalue weighted by atomic mass is 10.1. The highest BCUT2D eigenvalue weighted by atomic mass is 35.5. The summed E-state index contributed by atoms with van der Waals surface area (Å²) in [6.07, 6.45) is 0. The van der Waals surface area contributed by atoms with E-state index in [1.54, 1.807) is 0 Å². The van der Waals surface area contributed by atoms with Crippen LogP contribution in [0.4, 0.5) is 5.69 Å². The third-order valence-electron chi connectivity index (χ3n) is 2.32. The second kappa shape index (κ2) is 6.14. The molecule has 8 heteroatoms. The zero-order chi connectivity index (χ0) is 14.6. The van der Waals surface area contributed by atoms with Gasteiger partial charge in [-0.2, -0.15) is 0 Å². The van der Waals surface area contributed by atoms with Crippen molar-refractivity contribution in [3.05, 3.63) is 38.9 Å². The van der Waals surface area contributed by atoms with Crippen molar-refractivity contribution >= 4 is 29.2 Å². The molecule has 0 bridgehead atoms. The molecular formula is C11H11ClN2O5. The molecule has 0 aliphatic heterocycles. The average molecular weight is 287 g/mol. The number of amides is 1. The minimum absolute atomic E-state index is 0.0772. The number of methoxy groups -OCH3 is 1. The Bertz CT molecular complexity index is 532. The molecule has 0 saturated carbocycles. The molecule has 102 valence electrons. The molecule has 1 rings (SSSR count). The molecule has 1 aromatic rings. The van der Waals surface area contributed by atoms with Crippen molar-refractivity contribution in [2.45, 2.75) is 13.0 Å². The van der Waals surface area contributed by atoms with Crippen LogP contribution in [0.5, 0.6) is 0 Å². The number of carbonyl (C=O) groups excluding carboxylic acids is 2. The van der Waals surface area contributed by atoms with E-state index in [2.05, 4.69) is 10.1 Å². The van der Waals surface area contributed by atoms with Crippen LogP contribution in [0.25, 0.3) is 0 Å². The summed E-state index contributed by atoms with van der Waals surface area (Å²) in [5.74, 6) is -1.32. The van der Waals surface area contributed by atoms with Crippen LogP contribution in [0, 0.1) is 10.1 Å². The molecule has 0 aromatic heterocycles. The molecule has 1 aromatic carbocycles. The number of esters is 1. The van der Waals surface area contributed by atoms with Crippen molar-refractivity contribution in [3.8, 4) is 0 Å². The lowest BCUT2D eigenvalue weighted by Crippen LogP contribution is -2.39. The smallest absolute Gasteiger partial charge is 0.328 e. The molecular weight excluding hydrogens is 276 g/mol. The molecule has 0 radical (unpaired) electrons. The van der Waals surface area contributed by atoms with Crippen molar-refractivity contribution in [2.24, 2.45) is 0 Å². The predicted molar refractivity (Wildman–Crippen MR) is 67.1 cm³/mol. The molecule has 0 aliphatic rings. The first kappa shape index (κ1) is 14.9. The van der Waals surface area contributed by atoms with Crippen molar-refractivity contribution in [1.82, 2.24) is 5.32 Å². The molecule has 0 heterocycles. The largest absolute Gasteiger partial charge is 0.467 e. The Morgan fingerprint density at radius 1 is 1.47 bits per heavy atom. The Kier molecular flexibility index (Phi) is 4.82. The summed E-state index contributed by atoms with van der Waals surface area (Å²) >= 11 is 5.78. The van der Waals surface area contributed by atoms with Gasteiger partial charge in [-0.05, 0) is 13.0 Å². The molecule has 1 N–H and O–H groups in total. The van der Waals surface area contributed by atoms with Gasteiger partial charge in [-0.25, -0.2) is 4.79 Å². The zero-order valence-corrected chi connectivity index (χ0v) is 10.9. The number of nitrogens with zero attached hydrogens (tertiary/aromatic N) is 1. The number of nitrogens with one attached hydrogen (secondary N) is 1. The topological polar surface area (TPSA) is 98.5 Å². The van der Waals surface area contributed by atoms with Crippen molar-refractivity contribution < 1.29 is 19.2 Å². The van der Waals surface area contributed by atoms with Gasteiger partial charge in [0.05, 0.1) is 17.6 Å². The molecule has 1 amide bonds. The summed E-state index contributed by atoms with van der Waals surface area (Å²) in [6, 6.07) is 2.96. The molecule has 19 heavy (non-hydrogen) atoms. The third-order valence-corrected chi connectivity index (χ3v) is 2.72. The van der Waals surface area contributed by atoms with E-state index in [1.807, 2.05) is 0 Å². The summed E-state index contributed by atoms with van der Waals surface area (Å²) in [4.78, 5) is 33.0. The minimum Gasteiger partial charge on any atom is -0.467 e. The Morgan fingerprint density at radius 3 is 2.63 bits per heavy atom. The fourth-order valence-electron chi connectivity index (χ4n) is 1.35. The summed E-state index contributed by atoms with van der Waals surface area (Å²) in [7, 11) is 1.19. The first-order valence-electron chi connectivity index (χ1n) is 5.20. The van der Waals surface area contributed by atoms with Crippen LogP contribution < -0.4 is 5.32 Å². The normalized spacial score (nSPS) is 11.5. The van der Waals surface area contributed by atoms with Crippen LogP contribution >= 0.6 is 11.6 Å². The molecule has 7 nitrogen and oxygen atoms in total. The van der Waals surface area contributed by atoms with E-state index in [-0.39, 0.29) is 16.3 Å². The van der Waals surface area contributed by atoms with E-state index in [0.717, 1.165) is 0 Å². The fourth-order valence-corrected chi connectivity index (χ4v) is 1.63. The van der Waals surface area contributed by atoms with Crippen LogP contribution in [0.2, 0.25) is 5.02 Å². The summed E-state index contributed by atoms with van der Waals surface area (Å²) in [5, 5.41) is 12.7. The van der Waals surface area contributed by atoms with E-state index in [1.165, 1.54) is 32.2 Å². The van der Waals surface area contributed by atoms with Gasteiger partial charge >= 0.3 is 5.97 Å². The first-order valence-corrected chi connectivity index (χ1v) is 5.58. The Labute approximate surface area is 113 Å². The maximum atomic E-state index is 11.8. The Hall–Kier alpha value is -2.15. The van der Waals surface area contributed by atoms with E-state index in [0.29, 0.717) is 0 Å². The van der Waals surface area contributed by atoms with E-state index < -0.39 is 22.8 Å². The average Bonchev–Trinajstić information content (AvgIpc) is 2.37. The molecule has 1 atom stereocenters. The lowest BCUT2D eigenvalue weighted by molar-refractivity contribution is -0.384. The Balaban J connectivity index is 2.98. The lowest BCUT2D eigenvalue weighted by Gasteiger charge is -2.12. The van der Waals surface area contributed by atoms with Gasteiger partial charge in [0.2, 0.25) is 0 Å². The highest BCUT2D eigenvalue weighted by Crippen LogP contribution is 2.27. The number of hydrogen-bond acceptors (Lipinski definition) is 5. The highest BCUT2D eigenvalue weighted by molar-refractivity contribution is 6.35. The van der Waals surface area contributed by atoms with Crippen LogP contribution in [-0.4, -0.2) is 30.0 Å². The van der Waals surface area contributed by atoms with Crippen LogP contribution in [0.3, 0.4) is 0 Å². The monoisotopic (exact) mass is 286 g/mol. The second-order valence-corrected chi connectivity index (χ2v) is 3.99. The minimum atomic E-state index is -0.882. The fraction of sp³-hybridized carbons (Fsp3) is 0.273. The molecule has 0 saturated heterocycles. The first-order chi connectivity index (χ1) is 8.88. The molecule has 0 fully saturated rings. The van der Waals surface area contributed by atoms with Gasteiger partial charge in [0, 0.05) is 6.07 Å². The van der Waals surface area contributed by atoms with Gasteiger partial charge in [0.1, 0.15) is 11.1 Å². The van der Waals surface area contributed by atoms with Crippen LogP contribution in [0.15, 0.2) is 18.2 Å². The van der Waals surface area contributed by atoms with Gasteiger partial charge < -0.3 is 10.1 Å². The summed E-state index contributed by atoms with van der Waals surface area (Å²) < 4.78 is 4.45. The second-order valence-electron chi connectivity index (χ2n) is 3.61. The maximum Gasteiger partial charge on any atom is 0.328 e. The molecule has 0 spiro atoms. The van der Waals surface area contributed by atoms with E-state index >= 15 is 0 Å². The van der Waals surface area contributed by atoms with Crippen molar-refractivity contribution in [1.29, 1.82) is 0 Å². The van der Waals surface area contributed by atoms with E-state index in [4.69, 9.17) is 11.6 Å². The maximum absolute atomic E-state index is 11.8. The van der Waals surface area contributed by atoms with Gasteiger partial charge in [-0.3, -0.25) is 14.9 Å². The number of nitro benzene ring substituents is 1. The summed E-state index contributed by atoms with van der Waals surface area (Å²) in [5.41, 5.74) is -0.452. The predicted octanol–water partition coefficient (Wildman–Crippen LogP) is 1.54. The van der Waals surface area contributed by atoms with Gasteiger partial charge in [0.15, 0.2) is 0 Å². The number of rotatable bonds is 4. The van der Waals surface area contributed by atoms with Crippen LogP contribution in [0.1, 0.15) is 17.3 Å². The van der Waals surface area contributed by atoms with Gasteiger partial charge in [-0.1, -0.05) is 17.7 Å². The van der Waals surface area contributed by atoms with Crippen molar-refractivity contribution in [2.75, 3.05) is 7.11 Å². The van der Waals surface area contributed by atoms with Gasteiger partial charge in [0.25, 0.3) is 11.6 Å². The SMILES string of the molecule is COC(=O)C(C)NC(=O)c1cccc([N+](=O)[O-])c1Cl. The number of carbonyl (C=O) groups is 2. The zero-order valence-electron chi connectivity index (χ0n) is 10.2. The van der Waals surface area contributed by atoms with E-state index in [9.17, 15) is 19.7 Å². The van der Waals surface area contributed by atoms with Crippen LogP contribution in [-0.2, 0) is 9.53 Å². The molecule has 1 unspecified atom stereocenters. The quantitative estimate of drug-likeness (QED) is 0.514. The van der Waals surface area contributed by atoms with Crippen molar-refractivity contribution in [3.63, 3.8) is 0 Å². The number of benzene rings is 1. The van der Waals surface area contributed by atoms with Gasteiger partial charge in [-0.15, -0.1) is 0 Å². The number of nitro groups is 1. The number of ether oxygens (including phenoxy) is 1. The number of hydrogen-bond donors (Lipinski definition) is 1. The standard InChI is InChI=1S/C11H11ClN2O5/c1-6(11(16)19-2)13-10(15)7-4-3-5-8(9(7)12)14(17)18/h3-6H,1-2H3,(H,13,15). The summed E-state index contributed by atoms with van der Waals surface area (Å²) in [6.45, 7) is 1.43. The third kappa shape index (κ3) is 3.41.